The Morgan fingerprint density at radius 1 is 0.958 bits per heavy atom. The van der Waals surface area contributed by atoms with Gasteiger partial charge in [-0.25, -0.2) is 14.4 Å². The second-order valence-corrected chi connectivity index (χ2v) is 7.72. The summed E-state index contributed by atoms with van der Waals surface area (Å²) in [7, 11) is 0. The van der Waals surface area contributed by atoms with Gasteiger partial charge in [-0.1, -0.05) is 0 Å². The van der Waals surface area contributed by atoms with Crippen LogP contribution in [-0.2, 0) is 23.9 Å². The molecule has 0 aliphatic carbocycles. The van der Waals surface area contributed by atoms with Crippen LogP contribution in [0.2, 0.25) is 0 Å². The van der Waals surface area contributed by atoms with E-state index < -0.39 is 34.6 Å². The molecule has 0 aromatic carbocycles. The molecule has 1 rings (SSSR count). The number of esters is 2. The number of carboxylic acids is 1. The molecular formula is C17H25NO6. The number of hydrogen-bond donors (Lipinski definition) is 1. The summed E-state index contributed by atoms with van der Waals surface area (Å²) in [6.07, 6.45) is 0. The van der Waals surface area contributed by atoms with Crippen LogP contribution in [-0.4, -0.2) is 45.5 Å². The first-order valence-corrected chi connectivity index (χ1v) is 7.60. The monoisotopic (exact) mass is 339 g/mol. The SMILES string of the molecule is CC1=NC(C(=O)O)(C(=O)OC(C)(C)C)C(C)=C1C(=O)OC(C)(C)C. The Morgan fingerprint density at radius 3 is 1.79 bits per heavy atom. The number of rotatable bonds is 3. The molecule has 0 aromatic heterocycles. The molecule has 1 aliphatic rings. The van der Waals surface area contributed by atoms with Gasteiger partial charge in [0.05, 0.1) is 5.57 Å². The quantitative estimate of drug-likeness (QED) is 0.625. The van der Waals surface area contributed by atoms with E-state index >= 15 is 0 Å². The molecule has 1 unspecified atom stereocenters. The van der Waals surface area contributed by atoms with Crippen molar-refractivity contribution in [2.24, 2.45) is 4.99 Å². The summed E-state index contributed by atoms with van der Waals surface area (Å²) in [6.45, 7) is 12.8. The molecule has 0 radical (unpaired) electrons. The molecule has 7 heteroatoms. The smallest absolute Gasteiger partial charge is 0.350 e. The van der Waals surface area contributed by atoms with Crippen LogP contribution >= 0.6 is 0 Å². The fourth-order valence-electron chi connectivity index (χ4n) is 2.32. The van der Waals surface area contributed by atoms with Crippen LogP contribution in [0, 0.1) is 0 Å². The van der Waals surface area contributed by atoms with E-state index in [0.717, 1.165) is 0 Å². The number of nitrogens with zero attached hydrogens (tertiary/aromatic N) is 1. The molecule has 0 spiro atoms. The van der Waals surface area contributed by atoms with Crippen molar-refractivity contribution in [2.75, 3.05) is 0 Å². The summed E-state index contributed by atoms with van der Waals surface area (Å²) in [5.74, 6) is -3.24. The Morgan fingerprint density at radius 2 is 1.42 bits per heavy atom. The number of ether oxygens (including phenoxy) is 2. The molecule has 1 N–H and O–H groups in total. The zero-order chi connectivity index (χ0) is 19.1. The third kappa shape index (κ3) is 3.83. The molecule has 7 nitrogen and oxygen atoms in total. The maximum absolute atomic E-state index is 12.5. The lowest BCUT2D eigenvalue weighted by Crippen LogP contribution is -2.48. The molecular weight excluding hydrogens is 314 g/mol. The van der Waals surface area contributed by atoms with E-state index in [1.165, 1.54) is 13.8 Å². The van der Waals surface area contributed by atoms with Gasteiger partial charge in [0.2, 0.25) is 0 Å². The maximum Gasteiger partial charge on any atom is 0.350 e. The van der Waals surface area contributed by atoms with Crippen molar-refractivity contribution in [1.29, 1.82) is 0 Å². The summed E-state index contributed by atoms with van der Waals surface area (Å²) in [5, 5.41) is 9.66. The van der Waals surface area contributed by atoms with E-state index in [1.807, 2.05) is 0 Å². The van der Waals surface area contributed by atoms with Crippen molar-refractivity contribution in [1.82, 2.24) is 0 Å². The van der Waals surface area contributed by atoms with Crippen molar-refractivity contribution in [3.05, 3.63) is 11.1 Å². The zero-order valence-corrected chi connectivity index (χ0v) is 15.4. The molecule has 0 saturated heterocycles. The van der Waals surface area contributed by atoms with Gasteiger partial charge in [-0.2, -0.15) is 0 Å². The molecule has 0 saturated carbocycles. The van der Waals surface area contributed by atoms with E-state index in [0.29, 0.717) is 0 Å². The van der Waals surface area contributed by atoms with Gasteiger partial charge < -0.3 is 14.6 Å². The van der Waals surface area contributed by atoms with Crippen molar-refractivity contribution >= 4 is 23.6 Å². The minimum Gasteiger partial charge on any atom is -0.479 e. The van der Waals surface area contributed by atoms with Gasteiger partial charge in [-0.15, -0.1) is 0 Å². The van der Waals surface area contributed by atoms with Crippen molar-refractivity contribution in [3.8, 4) is 0 Å². The van der Waals surface area contributed by atoms with E-state index in [-0.39, 0.29) is 16.9 Å². The summed E-state index contributed by atoms with van der Waals surface area (Å²) in [6, 6.07) is 0. The molecule has 1 atom stereocenters. The number of carbonyl (C=O) groups is 3. The lowest BCUT2D eigenvalue weighted by Gasteiger charge is -2.27. The second kappa shape index (κ2) is 6.03. The molecule has 24 heavy (non-hydrogen) atoms. The molecule has 1 aliphatic heterocycles. The molecule has 0 bridgehead atoms. The first-order chi connectivity index (χ1) is 10.6. The van der Waals surface area contributed by atoms with Gasteiger partial charge in [-0.05, 0) is 61.0 Å². The highest BCUT2D eigenvalue weighted by molar-refractivity contribution is 6.26. The number of aliphatic carboxylic acids is 1. The average Bonchev–Trinajstić information content (AvgIpc) is 2.57. The number of hydrogen-bond acceptors (Lipinski definition) is 6. The van der Waals surface area contributed by atoms with Gasteiger partial charge in [0.1, 0.15) is 11.2 Å². The Labute approximate surface area is 141 Å². The molecule has 134 valence electrons. The molecule has 0 amide bonds. The van der Waals surface area contributed by atoms with E-state index in [9.17, 15) is 19.5 Å². The molecule has 0 aromatic rings. The van der Waals surface area contributed by atoms with Crippen LogP contribution in [0.3, 0.4) is 0 Å². The van der Waals surface area contributed by atoms with Gasteiger partial charge >= 0.3 is 17.9 Å². The van der Waals surface area contributed by atoms with E-state index in [4.69, 9.17) is 9.47 Å². The summed E-state index contributed by atoms with van der Waals surface area (Å²) < 4.78 is 10.5. The van der Waals surface area contributed by atoms with Crippen LogP contribution in [0.25, 0.3) is 0 Å². The lowest BCUT2D eigenvalue weighted by atomic mass is 9.89. The van der Waals surface area contributed by atoms with Crippen LogP contribution in [0.15, 0.2) is 16.1 Å². The van der Waals surface area contributed by atoms with Crippen LogP contribution in [0.4, 0.5) is 0 Å². The standard InChI is InChI=1S/C17H25NO6/c1-9-11(12(19)23-15(3,4)5)10(2)18-17(9,13(20)21)14(22)24-16(6,7)8/h1-8H3,(H,20,21). The van der Waals surface area contributed by atoms with E-state index in [1.54, 1.807) is 41.5 Å². The first kappa shape index (κ1) is 19.9. The van der Waals surface area contributed by atoms with E-state index in [2.05, 4.69) is 4.99 Å². The number of carbonyl (C=O) groups excluding carboxylic acids is 2. The second-order valence-electron chi connectivity index (χ2n) is 7.72. The summed E-state index contributed by atoms with van der Waals surface area (Å²) in [5.41, 5.74) is -3.78. The van der Waals surface area contributed by atoms with Gasteiger partial charge in [0.15, 0.2) is 0 Å². The summed E-state index contributed by atoms with van der Waals surface area (Å²) in [4.78, 5) is 40.8. The predicted molar refractivity (Wildman–Crippen MR) is 87.9 cm³/mol. The topological polar surface area (TPSA) is 102 Å². The normalized spacial score (nSPS) is 21.4. The predicted octanol–water partition coefficient (Wildman–Crippen LogP) is 2.28. The fraction of sp³-hybridized carbons (Fsp3) is 0.647. The highest BCUT2D eigenvalue weighted by Crippen LogP contribution is 2.36. The fourth-order valence-corrected chi connectivity index (χ4v) is 2.32. The van der Waals surface area contributed by atoms with Gasteiger partial charge in [-0.3, -0.25) is 4.99 Å². The molecule has 1 heterocycles. The Balaban J connectivity index is 3.42. The highest BCUT2D eigenvalue weighted by Gasteiger charge is 2.56. The number of carboxylic acid groups (broad SMARTS) is 1. The third-order valence-corrected chi connectivity index (χ3v) is 3.22. The van der Waals surface area contributed by atoms with Crippen molar-refractivity contribution in [2.45, 2.75) is 72.1 Å². The van der Waals surface area contributed by atoms with Crippen molar-refractivity contribution < 1.29 is 29.0 Å². The van der Waals surface area contributed by atoms with Gasteiger partial charge in [0.25, 0.3) is 5.54 Å². The highest BCUT2D eigenvalue weighted by atomic mass is 16.6. The summed E-state index contributed by atoms with van der Waals surface area (Å²) >= 11 is 0. The zero-order valence-electron chi connectivity index (χ0n) is 15.4. The van der Waals surface area contributed by atoms with Crippen LogP contribution < -0.4 is 0 Å². The largest absolute Gasteiger partial charge is 0.479 e. The minimum atomic E-state index is -2.26. The molecule has 0 fully saturated rings. The van der Waals surface area contributed by atoms with Crippen LogP contribution in [0.5, 0.6) is 0 Å². The first-order valence-electron chi connectivity index (χ1n) is 7.60. The average molecular weight is 339 g/mol. The number of aliphatic imine (C=N–C) groups is 1. The van der Waals surface area contributed by atoms with Gasteiger partial charge in [0, 0.05) is 5.71 Å². The minimum absolute atomic E-state index is 0.00168. The van der Waals surface area contributed by atoms with Crippen LogP contribution in [0.1, 0.15) is 55.4 Å². The Hall–Kier alpha value is -2.18. The third-order valence-electron chi connectivity index (χ3n) is 3.22. The van der Waals surface area contributed by atoms with Crippen molar-refractivity contribution in [3.63, 3.8) is 0 Å². The maximum atomic E-state index is 12.5. The Bertz CT molecular complexity index is 645. The lowest BCUT2D eigenvalue weighted by molar-refractivity contribution is -0.166. The Kier molecular flexibility index (Phi) is 4.99.